The Labute approximate surface area is 188 Å². The second-order valence-electron chi connectivity index (χ2n) is 8.75. The number of ether oxygens (including phenoxy) is 1. The van der Waals surface area contributed by atoms with Crippen molar-refractivity contribution in [2.45, 2.75) is 57.8 Å². The Morgan fingerprint density at radius 1 is 1.06 bits per heavy atom. The van der Waals surface area contributed by atoms with E-state index in [1.165, 1.54) is 0 Å². The summed E-state index contributed by atoms with van der Waals surface area (Å²) in [5, 5.41) is 32.7. The van der Waals surface area contributed by atoms with E-state index >= 15 is 0 Å². The first-order chi connectivity index (χ1) is 15.1. The van der Waals surface area contributed by atoms with E-state index in [0.29, 0.717) is 17.5 Å². The number of rotatable bonds is 9. The molecule has 0 bridgehead atoms. The molecule has 0 aliphatic heterocycles. The molecule has 0 radical (unpaired) electrons. The highest BCUT2D eigenvalue weighted by atomic mass is 16.6. The summed E-state index contributed by atoms with van der Waals surface area (Å²) in [4.78, 5) is 24.3. The molecule has 0 aliphatic carbocycles. The van der Waals surface area contributed by atoms with Crippen LogP contribution in [0.2, 0.25) is 0 Å². The summed E-state index contributed by atoms with van der Waals surface area (Å²) in [6, 6.07) is 17.4. The summed E-state index contributed by atoms with van der Waals surface area (Å²) in [6.45, 7) is 5.22. The van der Waals surface area contributed by atoms with Crippen LogP contribution < -0.4 is 5.32 Å². The molecule has 0 fully saturated rings. The van der Waals surface area contributed by atoms with Crippen LogP contribution in [0.3, 0.4) is 0 Å². The van der Waals surface area contributed by atoms with Crippen molar-refractivity contribution < 1.29 is 24.5 Å². The van der Waals surface area contributed by atoms with Gasteiger partial charge in [0.05, 0.1) is 29.7 Å². The van der Waals surface area contributed by atoms with Gasteiger partial charge in [-0.3, -0.25) is 4.79 Å². The fraction of sp³-hybridized carbons (Fsp3) is 0.400. The second kappa shape index (κ2) is 11.3. The normalized spacial score (nSPS) is 14.0. The first-order valence-electron chi connectivity index (χ1n) is 10.5. The van der Waals surface area contributed by atoms with Crippen molar-refractivity contribution in [1.29, 1.82) is 5.26 Å². The van der Waals surface area contributed by atoms with Crippen molar-refractivity contribution in [3.05, 3.63) is 71.3 Å². The Morgan fingerprint density at radius 3 is 2.28 bits per heavy atom. The average molecular weight is 439 g/mol. The molecule has 1 amide bonds. The minimum Gasteiger partial charge on any atom is -0.481 e. The van der Waals surface area contributed by atoms with Gasteiger partial charge in [0, 0.05) is 0 Å². The first kappa shape index (κ1) is 24.9. The summed E-state index contributed by atoms with van der Waals surface area (Å²) in [5.74, 6) is -2.01. The third-order valence-electron chi connectivity index (χ3n) is 4.94. The molecule has 0 aromatic heterocycles. The third kappa shape index (κ3) is 8.05. The molecule has 0 unspecified atom stereocenters. The number of carboxylic acids is 1. The molecule has 7 nitrogen and oxygen atoms in total. The SMILES string of the molecule is CC(C)(C)OC(=O)N[C@@H](Cc1ccccc1)[C@@H](O)C[C@@H](Cc1ccccc1C#N)C(=O)O. The number of carbonyl (C=O) groups excluding carboxylic acids is 1. The molecule has 0 aliphatic rings. The van der Waals surface area contributed by atoms with E-state index in [1.807, 2.05) is 30.3 Å². The standard InChI is InChI=1S/C25H30N2O5/c1-25(2,3)32-24(31)27-21(13-17-9-5-4-6-10-17)22(28)15-20(23(29)30)14-18-11-7-8-12-19(18)16-26/h4-12,20-22,28H,13-15H2,1-3H3,(H,27,31)(H,29,30)/t20-,21+,22+/m1/s1. The van der Waals surface area contributed by atoms with Gasteiger partial charge in [-0.05, 0) is 57.2 Å². The summed E-state index contributed by atoms with van der Waals surface area (Å²) in [5.41, 5.74) is 1.18. The molecule has 3 N–H and O–H groups in total. The van der Waals surface area contributed by atoms with Gasteiger partial charge in [-0.1, -0.05) is 48.5 Å². The Hall–Kier alpha value is -3.37. The van der Waals surface area contributed by atoms with Crippen LogP contribution >= 0.6 is 0 Å². The van der Waals surface area contributed by atoms with Crippen LogP contribution in [0.4, 0.5) is 4.79 Å². The van der Waals surface area contributed by atoms with Crippen molar-refractivity contribution in [1.82, 2.24) is 5.32 Å². The van der Waals surface area contributed by atoms with Crippen molar-refractivity contribution in [3.63, 3.8) is 0 Å². The molecule has 7 heteroatoms. The summed E-state index contributed by atoms with van der Waals surface area (Å²) >= 11 is 0. The van der Waals surface area contributed by atoms with Crippen molar-refractivity contribution >= 4 is 12.1 Å². The van der Waals surface area contributed by atoms with Gasteiger partial charge in [0.15, 0.2) is 0 Å². The number of nitriles is 1. The molecule has 0 spiro atoms. The summed E-state index contributed by atoms with van der Waals surface area (Å²) in [7, 11) is 0. The van der Waals surface area contributed by atoms with Crippen LogP contribution in [0, 0.1) is 17.2 Å². The molecule has 0 saturated carbocycles. The fourth-order valence-electron chi connectivity index (χ4n) is 3.41. The number of nitrogens with zero attached hydrogens (tertiary/aromatic N) is 1. The molecule has 170 valence electrons. The molecular formula is C25H30N2O5. The Balaban J connectivity index is 2.19. The predicted molar refractivity (Wildman–Crippen MR) is 120 cm³/mol. The lowest BCUT2D eigenvalue weighted by Crippen LogP contribution is -2.47. The van der Waals surface area contributed by atoms with Crippen LogP contribution in [0.15, 0.2) is 54.6 Å². The molecule has 32 heavy (non-hydrogen) atoms. The minimum atomic E-state index is -1.14. The maximum atomic E-state index is 12.4. The molecular weight excluding hydrogens is 408 g/mol. The van der Waals surface area contributed by atoms with E-state index in [2.05, 4.69) is 11.4 Å². The maximum absolute atomic E-state index is 12.4. The fourth-order valence-corrected chi connectivity index (χ4v) is 3.41. The minimum absolute atomic E-state index is 0.0948. The van der Waals surface area contributed by atoms with E-state index in [1.54, 1.807) is 45.0 Å². The van der Waals surface area contributed by atoms with Crippen LogP contribution in [0.5, 0.6) is 0 Å². The number of nitrogens with one attached hydrogen (secondary N) is 1. The van der Waals surface area contributed by atoms with E-state index < -0.39 is 35.7 Å². The zero-order valence-electron chi connectivity index (χ0n) is 18.6. The number of carboxylic acid groups (broad SMARTS) is 1. The van der Waals surface area contributed by atoms with Gasteiger partial charge in [-0.25, -0.2) is 4.79 Å². The number of carbonyl (C=O) groups is 2. The van der Waals surface area contributed by atoms with Gasteiger partial charge in [0.2, 0.25) is 0 Å². The number of aliphatic carboxylic acids is 1. The van der Waals surface area contributed by atoms with Gasteiger partial charge in [-0.15, -0.1) is 0 Å². The van der Waals surface area contributed by atoms with Gasteiger partial charge < -0.3 is 20.3 Å². The quantitative estimate of drug-likeness (QED) is 0.549. The van der Waals surface area contributed by atoms with Crippen LogP contribution in [0.1, 0.15) is 43.9 Å². The molecule has 0 saturated heterocycles. The van der Waals surface area contributed by atoms with E-state index in [9.17, 15) is 25.1 Å². The zero-order chi connectivity index (χ0) is 23.7. The highest BCUT2D eigenvalue weighted by Gasteiger charge is 2.30. The molecule has 2 rings (SSSR count). The smallest absolute Gasteiger partial charge is 0.407 e. The predicted octanol–water partition coefficient (Wildman–Crippen LogP) is 3.69. The number of hydrogen-bond donors (Lipinski definition) is 3. The first-order valence-corrected chi connectivity index (χ1v) is 10.5. The highest BCUT2D eigenvalue weighted by molar-refractivity contribution is 5.71. The van der Waals surface area contributed by atoms with Gasteiger partial charge >= 0.3 is 12.1 Å². The number of aliphatic hydroxyl groups is 1. The molecule has 2 aromatic rings. The lowest BCUT2D eigenvalue weighted by molar-refractivity contribution is -0.143. The summed E-state index contributed by atoms with van der Waals surface area (Å²) in [6.07, 6.45) is -1.51. The maximum Gasteiger partial charge on any atom is 0.407 e. The Kier molecular flexibility index (Phi) is 8.80. The van der Waals surface area contributed by atoms with Crippen molar-refractivity contribution in [2.24, 2.45) is 5.92 Å². The van der Waals surface area contributed by atoms with Crippen LogP contribution in [0.25, 0.3) is 0 Å². The van der Waals surface area contributed by atoms with Crippen LogP contribution in [-0.4, -0.2) is 40.0 Å². The lowest BCUT2D eigenvalue weighted by Gasteiger charge is -2.28. The number of alkyl carbamates (subject to hydrolysis) is 1. The largest absolute Gasteiger partial charge is 0.481 e. The van der Waals surface area contributed by atoms with E-state index in [-0.39, 0.29) is 12.8 Å². The highest BCUT2D eigenvalue weighted by Crippen LogP contribution is 2.21. The molecule has 2 aromatic carbocycles. The summed E-state index contributed by atoms with van der Waals surface area (Å²) < 4.78 is 5.32. The second-order valence-corrected chi connectivity index (χ2v) is 8.75. The van der Waals surface area contributed by atoms with Crippen LogP contribution in [-0.2, 0) is 22.4 Å². The van der Waals surface area contributed by atoms with E-state index in [0.717, 1.165) is 5.56 Å². The zero-order valence-corrected chi connectivity index (χ0v) is 18.6. The molecule has 3 atom stereocenters. The Bertz CT molecular complexity index is 947. The monoisotopic (exact) mass is 438 g/mol. The number of amides is 1. The van der Waals surface area contributed by atoms with Crippen molar-refractivity contribution in [2.75, 3.05) is 0 Å². The number of hydrogen-bond acceptors (Lipinski definition) is 5. The van der Waals surface area contributed by atoms with Gasteiger partial charge in [0.25, 0.3) is 0 Å². The topological polar surface area (TPSA) is 120 Å². The third-order valence-corrected chi connectivity index (χ3v) is 4.94. The number of benzene rings is 2. The lowest BCUT2D eigenvalue weighted by atomic mass is 9.88. The average Bonchev–Trinajstić information content (AvgIpc) is 2.72. The number of aliphatic hydroxyl groups excluding tert-OH is 1. The van der Waals surface area contributed by atoms with Crippen molar-refractivity contribution in [3.8, 4) is 6.07 Å². The van der Waals surface area contributed by atoms with E-state index in [4.69, 9.17) is 4.74 Å². The Morgan fingerprint density at radius 2 is 1.69 bits per heavy atom. The molecule has 0 heterocycles. The van der Waals surface area contributed by atoms with Gasteiger partial charge in [0.1, 0.15) is 5.60 Å². The van der Waals surface area contributed by atoms with Gasteiger partial charge in [-0.2, -0.15) is 5.26 Å².